The summed E-state index contributed by atoms with van der Waals surface area (Å²) in [7, 11) is -10.7. The van der Waals surface area contributed by atoms with Gasteiger partial charge in [-0.15, -0.1) is 0 Å². The predicted molar refractivity (Wildman–Crippen MR) is 180 cm³/mol. The van der Waals surface area contributed by atoms with Gasteiger partial charge in [0, 0.05) is 17.9 Å². The standard InChI is InChI=1S/C16H24N2O16P2.2C6H15N/c19-5-8(21)12(24)11(23)7(20)2-4-35(28,29)34-36(30,31)32-6-9-13(25)14(26)15(33-9)18-3-1-10(22)17-16(18)27;2*1-4-7(5-2)6-3/h1,3,7-9,11-15,19-21,23-26H,5-6H2,(H,28,29)(H,30,31)(H,17,22,27);2*4-6H2,1-3H3/t7-,8+,9+,11+,12-,13+,14+,15+;;/m0../s1. The lowest BCUT2D eigenvalue weighted by Gasteiger charge is -2.22. The van der Waals surface area contributed by atoms with E-state index in [-0.39, 0.29) is 0 Å². The fourth-order valence-corrected chi connectivity index (χ4v) is 6.27. The van der Waals surface area contributed by atoms with Gasteiger partial charge >= 0.3 is 21.1 Å². The number of hydrogen-bond donors (Lipinski definition) is 10. The maximum atomic E-state index is 12.0. The Balaban J connectivity index is 0.00000143. The van der Waals surface area contributed by atoms with E-state index in [9.17, 15) is 59.1 Å². The number of phosphoric acid groups is 1. The van der Waals surface area contributed by atoms with Crippen molar-refractivity contribution >= 4 is 15.4 Å². The lowest BCUT2D eigenvalue weighted by atomic mass is 10.0. The van der Waals surface area contributed by atoms with Gasteiger partial charge in [0.05, 0.1) is 13.2 Å². The first-order valence-corrected chi connectivity index (χ1v) is 19.0. The molecule has 1 fully saturated rings. The first-order valence-electron chi connectivity index (χ1n) is 15.9. The van der Waals surface area contributed by atoms with Crippen molar-refractivity contribution < 1.29 is 68.2 Å². The molecule has 1 saturated heterocycles. The van der Waals surface area contributed by atoms with Crippen LogP contribution in [-0.2, 0) is 22.7 Å². The summed E-state index contributed by atoms with van der Waals surface area (Å²) < 4.78 is 38.4. The zero-order valence-corrected chi connectivity index (χ0v) is 30.8. The largest absolute Gasteiger partial charge is 0.480 e. The van der Waals surface area contributed by atoms with Gasteiger partial charge in [-0.2, -0.15) is 4.31 Å². The van der Waals surface area contributed by atoms with Crippen LogP contribution >= 0.6 is 15.4 Å². The number of aliphatic hydroxyl groups is 7. The molecule has 1 aromatic heterocycles. The van der Waals surface area contributed by atoms with Crippen molar-refractivity contribution in [3.05, 3.63) is 33.1 Å². The average Bonchev–Trinajstić information content (AvgIpc) is 3.35. The van der Waals surface area contributed by atoms with Crippen LogP contribution in [0.25, 0.3) is 0 Å². The third-order valence-electron chi connectivity index (χ3n) is 7.37. The predicted octanol–water partition coefficient (Wildman–Crippen LogP) is -2.43. The van der Waals surface area contributed by atoms with Crippen molar-refractivity contribution in [1.29, 1.82) is 0 Å². The normalized spacial score (nSPS) is 23.5. The van der Waals surface area contributed by atoms with Crippen LogP contribution in [0.15, 0.2) is 21.9 Å². The molecule has 2 rings (SSSR count). The Labute approximate surface area is 290 Å². The number of rotatable bonds is 16. The molecule has 2 heterocycles. The summed E-state index contributed by atoms with van der Waals surface area (Å²) in [5.41, 5.74) is -0.384. The number of nitrogens with zero attached hydrogens (tertiary/aromatic N) is 3. The van der Waals surface area contributed by atoms with Crippen molar-refractivity contribution in [2.24, 2.45) is 0 Å². The minimum absolute atomic E-state index is 0.720. The molecule has 292 valence electrons. The molecule has 2 unspecified atom stereocenters. The quantitative estimate of drug-likeness (QED) is 0.0618. The summed E-state index contributed by atoms with van der Waals surface area (Å²) in [6.07, 6.45) is -14.2. The van der Waals surface area contributed by atoms with Gasteiger partial charge in [0.25, 0.3) is 5.56 Å². The summed E-state index contributed by atoms with van der Waals surface area (Å²) in [5, 5.41) is 66.8. The number of aromatic amines is 1. The van der Waals surface area contributed by atoms with Crippen molar-refractivity contribution in [2.75, 3.05) is 52.5 Å². The summed E-state index contributed by atoms with van der Waals surface area (Å²) in [5.74, 6) is 1.57. The Morgan fingerprint density at radius 3 is 1.82 bits per heavy atom. The minimum atomic E-state index is -5.41. The summed E-state index contributed by atoms with van der Waals surface area (Å²) in [6.45, 7) is 18.2. The molecule has 0 bridgehead atoms. The smallest absolute Gasteiger partial charge is 0.394 e. The third kappa shape index (κ3) is 16.7. The molecule has 0 saturated carbocycles. The Morgan fingerprint density at radius 2 is 1.40 bits per heavy atom. The summed E-state index contributed by atoms with van der Waals surface area (Å²) in [6, 6.07) is 0.925. The number of ether oxygens (including phenoxy) is 1. The van der Waals surface area contributed by atoms with Crippen LogP contribution in [0.3, 0.4) is 0 Å². The van der Waals surface area contributed by atoms with Gasteiger partial charge in [-0.3, -0.25) is 18.9 Å². The van der Waals surface area contributed by atoms with Crippen molar-refractivity contribution in [2.45, 2.75) is 90.5 Å². The molecule has 1 aromatic rings. The Bertz CT molecular complexity index is 1360. The van der Waals surface area contributed by atoms with Crippen LogP contribution in [0, 0.1) is 11.6 Å². The maximum Gasteiger partial charge on any atom is 0.480 e. The fourth-order valence-electron chi connectivity index (χ4n) is 4.17. The molecule has 1 aliphatic rings. The second-order valence-electron chi connectivity index (χ2n) is 10.6. The van der Waals surface area contributed by atoms with Gasteiger partial charge < -0.3 is 60.1 Å². The highest BCUT2D eigenvalue weighted by atomic mass is 31.3. The average molecular weight is 765 g/mol. The van der Waals surface area contributed by atoms with E-state index in [1.165, 1.54) is 44.9 Å². The Kier molecular flexibility index (Phi) is 22.8. The molecule has 0 amide bonds. The van der Waals surface area contributed by atoms with Gasteiger partial charge in [-0.05, 0) is 39.3 Å². The SMILES string of the molecule is CCN(CC)CC.CCN(CC)CC.O=c1ccn([C@@H]2O[C@H](COP(=O)(O)OP(=O)(O)C#C[C@H](O)[C@@H](O)[C@@H](O)[C@H](O)CO)[C@@H](O)[C@H]2O)c(=O)[nH]1. The lowest BCUT2D eigenvalue weighted by Crippen LogP contribution is -2.45. The molecule has 22 heteroatoms. The Morgan fingerprint density at radius 1 is 0.900 bits per heavy atom. The molecule has 50 heavy (non-hydrogen) atoms. The second-order valence-corrected chi connectivity index (χ2v) is 13.7. The molecule has 1 aliphatic heterocycles. The summed E-state index contributed by atoms with van der Waals surface area (Å²) >= 11 is 0. The zero-order valence-electron chi connectivity index (χ0n) is 29.0. The van der Waals surface area contributed by atoms with Crippen LogP contribution in [-0.4, -0.2) is 160 Å². The molecule has 20 nitrogen and oxygen atoms in total. The third-order valence-corrected chi connectivity index (χ3v) is 9.97. The van der Waals surface area contributed by atoms with Gasteiger partial charge in [-0.1, -0.05) is 47.5 Å². The van der Waals surface area contributed by atoms with E-state index in [0.717, 1.165) is 16.8 Å². The lowest BCUT2D eigenvalue weighted by molar-refractivity contribution is -0.103. The number of aliphatic hydroxyl groups excluding tert-OH is 7. The van der Waals surface area contributed by atoms with Gasteiger partial charge in [0.1, 0.15) is 42.7 Å². The topological polar surface area (TPSA) is 305 Å². The van der Waals surface area contributed by atoms with Gasteiger partial charge in [0.2, 0.25) is 0 Å². The highest BCUT2D eigenvalue weighted by molar-refractivity contribution is 7.67. The van der Waals surface area contributed by atoms with Crippen molar-refractivity contribution in [3.63, 3.8) is 0 Å². The van der Waals surface area contributed by atoms with Crippen LogP contribution in [0.5, 0.6) is 0 Å². The Hall–Kier alpha value is -1.86. The monoisotopic (exact) mass is 764 g/mol. The zero-order chi connectivity index (χ0) is 38.8. The van der Waals surface area contributed by atoms with E-state index in [1.807, 2.05) is 4.98 Å². The van der Waals surface area contributed by atoms with Gasteiger partial charge in [-0.25, -0.2) is 13.9 Å². The number of nitrogens with one attached hydrogen (secondary N) is 1. The molecule has 0 spiro atoms. The van der Waals surface area contributed by atoms with E-state index >= 15 is 0 Å². The van der Waals surface area contributed by atoms with Crippen LogP contribution in [0.1, 0.15) is 47.8 Å². The fraction of sp³-hybridized carbons (Fsp3) is 0.786. The van der Waals surface area contributed by atoms with Crippen LogP contribution < -0.4 is 11.2 Å². The van der Waals surface area contributed by atoms with Crippen molar-refractivity contribution in [1.82, 2.24) is 19.4 Å². The molecule has 10 atom stereocenters. The highest BCUT2D eigenvalue weighted by Gasteiger charge is 2.45. The summed E-state index contributed by atoms with van der Waals surface area (Å²) in [4.78, 5) is 49.0. The van der Waals surface area contributed by atoms with Crippen molar-refractivity contribution in [3.8, 4) is 11.6 Å². The maximum absolute atomic E-state index is 12.0. The van der Waals surface area contributed by atoms with E-state index in [0.29, 0.717) is 0 Å². The van der Waals surface area contributed by atoms with Crippen LogP contribution in [0.2, 0.25) is 0 Å². The minimum Gasteiger partial charge on any atom is -0.394 e. The first kappa shape index (κ1) is 48.1. The molecule has 10 N–H and O–H groups in total. The van der Waals surface area contributed by atoms with Gasteiger partial charge in [0.15, 0.2) is 6.23 Å². The number of hydrogen-bond acceptors (Lipinski definition) is 16. The van der Waals surface area contributed by atoms with E-state index in [2.05, 4.69) is 60.2 Å². The first-order chi connectivity index (χ1) is 23.3. The number of aromatic nitrogens is 2. The number of phosphoric ester groups is 1. The second kappa shape index (κ2) is 23.7. The molecular formula is C28H54N4O16P2. The molecule has 0 aromatic carbocycles. The van der Waals surface area contributed by atoms with E-state index in [1.54, 1.807) is 5.92 Å². The number of H-pyrrole nitrogens is 1. The van der Waals surface area contributed by atoms with Crippen LogP contribution in [0.4, 0.5) is 0 Å². The van der Waals surface area contributed by atoms with E-state index in [4.69, 9.17) is 9.84 Å². The molecular weight excluding hydrogens is 710 g/mol. The molecule has 0 radical (unpaired) electrons. The highest BCUT2D eigenvalue weighted by Crippen LogP contribution is 2.59. The molecule has 0 aliphatic carbocycles. The van der Waals surface area contributed by atoms with E-state index < -0.39 is 88.8 Å².